The van der Waals surface area contributed by atoms with Crippen LogP contribution in [0.15, 0.2) is 48.5 Å². The molecule has 2 unspecified atom stereocenters. The van der Waals surface area contributed by atoms with Crippen LogP contribution in [-0.4, -0.2) is 43.7 Å². The summed E-state index contributed by atoms with van der Waals surface area (Å²) in [7, 11) is 1.69. The summed E-state index contributed by atoms with van der Waals surface area (Å²) < 4.78 is 5.20. The first-order chi connectivity index (χ1) is 14.1. The van der Waals surface area contributed by atoms with Crippen LogP contribution in [0.4, 0.5) is 0 Å². The maximum Gasteiger partial charge on any atom is 0.223 e. The summed E-state index contributed by atoms with van der Waals surface area (Å²) in [5.74, 6) is 0.294. The molecule has 0 spiro atoms. The van der Waals surface area contributed by atoms with Crippen molar-refractivity contribution in [1.29, 1.82) is 0 Å². The van der Waals surface area contributed by atoms with E-state index in [1.807, 2.05) is 6.92 Å². The Hall–Kier alpha value is -2.17. The monoisotopic (exact) mass is 392 g/mol. The van der Waals surface area contributed by atoms with Crippen molar-refractivity contribution in [2.24, 2.45) is 11.8 Å². The number of rotatable bonds is 9. The van der Waals surface area contributed by atoms with E-state index in [1.54, 1.807) is 7.11 Å². The van der Waals surface area contributed by atoms with Gasteiger partial charge in [0.2, 0.25) is 5.91 Å². The summed E-state index contributed by atoms with van der Waals surface area (Å²) in [5.41, 5.74) is 5.50. The minimum Gasteiger partial charge on any atom is -0.384 e. The van der Waals surface area contributed by atoms with E-state index in [0.717, 1.165) is 6.54 Å². The summed E-state index contributed by atoms with van der Waals surface area (Å²) in [4.78, 5) is 15.2. The van der Waals surface area contributed by atoms with Gasteiger partial charge in [0.05, 0.1) is 6.04 Å². The molecule has 2 aromatic carbocycles. The molecule has 4 heteroatoms. The first-order valence-electron chi connectivity index (χ1n) is 10.8. The number of nitrogens with one attached hydrogen (secondary N) is 1. The number of ether oxygens (including phenoxy) is 1. The van der Waals surface area contributed by atoms with E-state index in [1.165, 1.54) is 35.1 Å². The Kier molecular flexibility index (Phi) is 6.02. The number of carbonyl (C=O) groups excluding carboxylic acids is 1. The quantitative estimate of drug-likeness (QED) is 0.693. The molecule has 2 aliphatic carbocycles. The lowest BCUT2D eigenvalue weighted by Gasteiger charge is -2.31. The van der Waals surface area contributed by atoms with Crippen molar-refractivity contribution in [2.45, 2.75) is 38.8 Å². The van der Waals surface area contributed by atoms with Crippen molar-refractivity contribution in [3.05, 3.63) is 59.7 Å². The van der Waals surface area contributed by atoms with Crippen LogP contribution < -0.4 is 5.32 Å². The van der Waals surface area contributed by atoms with Gasteiger partial charge in [0, 0.05) is 38.8 Å². The van der Waals surface area contributed by atoms with Gasteiger partial charge in [0.15, 0.2) is 0 Å². The number of carbonyl (C=O) groups is 1. The molecular formula is C25H32N2O2. The summed E-state index contributed by atoms with van der Waals surface area (Å²) >= 11 is 0. The first kappa shape index (κ1) is 20.1. The molecule has 29 heavy (non-hydrogen) atoms. The standard InChI is InChI=1S/C25H32N2O2/c1-17(16-29-3)18(2)25(28)26-14-15-27(19-12-13-19)24-22-10-6-4-8-20(22)21-9-5-7-11-23(21)24/h4-11,17-19,24H,12-16H2,1-3H3,(H,26,28). The normalized spacial score (nSPS) is 17.7. The lowest BCUT2D eigenvalue weighted by Crippen LogP contribution is -2.41. The van der Waals surface area contributed by atoms with E-state index in [9.17, 15) is 4.79 Å². The van der Waals surface area contributed by atoms with Crippen molar-refractivity contribution in [3.8, 4) is 11.1 Å². The highest BCUT2D eigenvalue weighted by Gasteiger charge is 2.39. The van der Waals surface area contributed by atoms with E-state index in [4.69, 9.17) is 4.74 Å². The fourth-order valence-corrected chi connectivity index (χ4v) is 4.55. The maximum absolute atomic E-state index is 12.6. The predicted octanol–water partition coefficient (Wildman–Crippen LogP) is 4.26. The topological polar surface area (TPSA) is 41.6 Å². The molecule has 4 nitrogen and oxygen atoms in total. The van der Waals surface area contributed by atoms with Crippen LogP contribution >= 0.6 is 0 Å². The second-order valence-electron chi connectivity index (χ2n) is 8.56. The smallest absolute Gasteiger partial charge is 0.223 e. The van der Waals surface area contributed by atoms with Crippen LogP contribution in [0.25, 0.3) is 11.1 Å². The highest BCUT2D eigenvalue weighted by molar-refractivity contribution is 5.79. The number of fused-ring (bicyclic) bond motifs is 3. The number of hydrogen-bond acceptors (Lipinski definition) is 3. The van der Waals surface area contributed by atoms with Gasteiger partial charge >= 0.3 is 0 Å². The summed E-state index contributed by atoms with van der Waals surface area (Å²) in [6.45, 7) is 6.21. The van der Waals surface area contributed by atoms with Gasteiger partial charge in [-0.2, -0.15) is 0 Å². The third kappa shape index (κ3) is 4.10. The van der Waals surface area contributed by atoms with Gasteiger partial charge in [-0.05, 0) is 41.0 Å². The van der Waals surface area contributed by atoms with Crippen LogP contribution in [0.2, 0.25) is 0 Å². The van der Waals surface area contributed by atoms with E-state index in [0.29, 0.717) is 19.2 Å². The zero-order valence-electron chi connectivity index (χ0n) is 17.7. The van der Waals surface area contributed by atoms with Crippen LogP contribution in [0.1, 0.15) is 43.9 Å². The lowest BCUT2D eigenvalue weighted by molar-refractivity contribution is -0.126. The molecule has 2 aliphatic rings. The SMILES string of the molecule is COCC(C)C(C)C(=O)NCCN(C1CC1)C1c2ccccc2-c2ccccc21. The summed E-state index contributed by atoms with van der Waals surface area (Å²) in [6.07, 6.45) is 2.49. The third-order valence-corrected chi connectivity index (χ3v) is 6.51. The highest BCUT2D eigenvalue weighted by Crippen LogP contribution is 2.48. The fourth-order valence-electron chi connectivity index (χ4n) is 4.55. The van der Waals surface area contributed by atoms with Crippen molar-refractivity contribution in [2.75, 3.05) is 26.8 Å². The van der Waals surface area contributed by atoms with Crippen LogP contribution in [0, 0.1) is 11.8 Å². The van der Waals surface area contributed by atoms with Gasteiger partial charge in [0.25, 0.3) is 0 Å². The van der Waals surface area contributed by atoms with Crippen LogP contribution in [0.3, 0.4) is 0 Å². The second kappa shape index (κ2) is 8.68. The number of benzene rings is 2. The molecule has 2 atom stereocenters. The molecule has 0 aliphatic heterocycles. The molecule has 0 saturated heterocycles. The molecule has 0 bridgehead atoms. The van der Waals surface area contributed by atoms with Gasteiger partial charge in [-0.15, -0.1) is 0 Å². The molecule has 0 heterocycles. The minimum atomic E-state index is -0.0442. The van der Waals surface area contributed by atoms with Gasteiger partial charge in [-0.25, -0.2) is 0 Å². The molecule has 4 rings (SSSR count). The molecule has 0 aromatic heterocycles. The van der Waals surface area contributed by atoms with Gasteiger partial charge in [-0.3, -0.25) is 9.69 Å². The molecule has 1 amide bonds. The molecule has 0 radical (unpaired) electrons. The average Bonchev–Trinajstić information content (AvgIpc) is 3.53. The van der Waals surface area contributed by atoms with Crippen molar-refractivity contribution < 1.29 is 9.53 Å². The average molecular weight is 393 g/mol. The maximum atomic E-state index is 12.6. The number of methoxy groups -OCH3 is 1. The van der Waals surface area contributed by atoms with Crippen molar-refractivity contribution >= 4 is 5.91 Å². The van der Waals surface area contributed by atoms with Gasteiger partial charge in [0.1, 0.15) is 0 Å². The fraction of sp³-hybridized carbons (Fsp3) is 0.480. The Labute approximate surface area is 174 Å². The van der Waals surface area contributed by atoms with E-state index in [-0.39, 0.29) is 23.8 Å². The first-order valence-corrected chi connectivity index (χ1v) is 10.8. The Morgan fingerprint density at radius 3 is 2.21 bits per heavy atom. The predicted molar refractivity (Wildman–Crippen MR) is 117 cm³/mol. The highest BCUT2D eigenvalue weighted by atomic mass is 16.5. The number of hydrogen-bond donors (Lipinski definition) is 1. The number of amides is 1. The summed E-state index contributed by atoms with van der Waals surface area (Å²) in [6, 6.07) is 18.4. The molecule has 1 saturated carbocycles. The molecular weight excluding hydrogens is 360 g/mol. The summed E-state index contributed by atoms with van der Waals surface area (Å²) in [5, 5.41) is 3.17. The van der Waals surface area contributed by atoms with E-state index in [2.05, 4.69) is 65.7 Å². The zero-order chi connectivity index (χ0) is 20.4. The second-order valence-corrected chi connectivity index (χ2v) is 8.56. The molecule has 1 N–H and O–H groups in total. The van der Waals surface area contributed by atoms with Crippen LogP contribution in [0.5, 0.6) is 0 Å². The molecule has 1 fully saturated rings. The van der Waals surface area contributed by atoms with Gasteiger partial charge in [-0.1, -0.05) is 62.4 Å². The lowest BCUT2D eigenvalue weighted by atomic mass is 9.96. The Morgan fingerprint density at radius 2 is 1.66 bits per heavy atom. The number of nitrogens with zero attached hydrogens (tertiary/aromatic N) is 1. The third-order valence-electron chi connectivity index (χ3n) is 6.51. The van der Waals surface area contributed by atoms with Crippen molar-refractivity contribution in [1.82, 2.24) is 10.2 Å². The Balaban J connectivity index is 1.47. The molecule has 154 valence electrons. The van der Waals surface area contributed by atoms with E-state index >= 15 is 0 Å². The largest absolute Gasteiger partial charge is 0.384 e. The molecule has 2 aromatic rings. The Morgan fingerprint density at radius 1 is 1.07 bits per heavy atom. The van der Waals surface area contributed by atoms with E-state index < -0.39 is 0 Å². The minimum absolute atomic E-state index is 0.0442. The Bertz CT molecular complexity index is 816. The van der Waals surface area contributed by atoms with Gasteiger partial charge < -0.3 is 10.1 Å². The van der Waals surface area contributed by atoms with Crippen molar-refractivity contribution in [3.63, 3.8) is 0 Å². The van der Waals surface area contributed by atoms with Crippen LogP contribution in [-0.2, 0) is 9.53 Å². The zero-order valence-corrected chi connectivity index (χ0v) is 17.7.